The van der Waals surface area contributed by atoms with Gasteiger partial charge in [0.2, 0.25) is 0 Å². The summed E-state index contributed by atoms with van der Waals surface area (Å²) in [4.78, 5) is 0. The number of rotatable bonds is 6. The second-order valence-corrected chi connectivity index (χ2v) is 4.77. The minimum Gasteiger partial charge on any atom is -0.252 e. The van der Waals surface area contributed by atoms with Crippen LogP contribution in [0.2, 0.25) is 0 Å². The number of benzene rings is 1. The molecule has 0 aliphatic rings. The van der Waals surface area contributed by atoms with Gasteiger partial charge in [-0.3, -0.25) is 4.18 Å². The van der Waals surface area contributed by atoms with E-state index in [0.29, 0.717) is 12.3 Å². The first-order chi connectivity index (χ1) is 7.59. The van der Waals surface area contributed by atoms with Crippen molar-refractivity contribution in [2.75, 3.05) is 13.0 Å². The Hall–Kier alpha value is -0.620. The molecule has 1 rings (SSSR count). The highest BCUT2D eigenvalue weighted by molar-refractivity contribution is 7.81. The fraction of sp³-hybridized carbons (Fsp3) is 0.400. The van der Waals surface area contributed by atoms with Gasteiger partial charge in [0.05, 0.1) is 7.11 Å². The van der Waals surface area contributed by atoms with Crippen molar-refractivity contribution in [3.63, 3.8) is 0 Å². The van der Waals surface area contributed by atoms with Gasteiger partial charge in [0.25, 0.3) is 0 Å². The molecule has 0 bridgehead atoms. The third-order valence-corrected chi connectivity index (χ3v) is 3.08. The van der Waals surface area contributed by atoms with Crippen molar-refractivity contribution in [1.29, 1.82) is 0 Å². The van der Waals surface area contributed by atoms with Crippen molar-refractivity contribution in [3.8, 4) is 0 Å². The van der Waals surface area contributed by atoms with Gasteiger partial charge in [-0.1, -0.05) is 30.3 Å². The Balaban J connectivity index is 2.84. The molecule has 0 heterocycles. The summed E-state index contributed by atoms with van der Waals surface area (Å²) < 4.78 is 31.5. The highest BCUT2D eigenvalue weighted by atomic mass is 35.5. The Labute approximate surface area is 100 Å². The Morgan fingerprint density at radius 3 is 2.44 bits per heavy atom. The topological polar surface area (TPSA) is 52.6 Å². The van der Waals surface area contributed by atoms with Gasteiger partial charge in [-0.25, -0.2) is 4.18 Å². The molecule has 1 atom stereocenters. The molecule has 0 fully saturated rings. The molecule has 1 aromatic carbocycles. The van der Waals surface area contributed by atoms with Crippen molar-refractivity contribution in [2.45, 2.75) is 12.5 Å². The van der Waals surface area contributed by atoms with E-state index in [-0.39, 0.29) is 0 Å². The molecule has 0 aromatic heterocycles. The van der Waals surface area contributed by atoms with E-state index in [0.717, 1.165) is 12.7 Å². The Kier molecular flexibility index (Phi) is 5.21. The summed E-state index contributed by atoms with van der Waals surface area (Å²) in [5, 5.41) is 0. The first kappa shape index (κ1) is 13.4. The van der Waals surface area contributed by atoms with Gasteiger partial charge in [0.1, 0.15) is 6.10 Å². The average molecular weight is 265 g/mol. The van der Waals surface area contributed by atoms with Crippen LogP contribution in [0, 0.1) is 0 Å². The molecule has 0 spiro atoms. The van der Waals surface area contributed by atoms with Crippen LogP contribution >= 0.6 is 11.6 Å². The summed E-state index contributed by atoms with van der Waals surface area (Å²) >= 11 is 5.60. The van der Waals surface area contributed by atoms with Crippen LogP contribution in [0.3, 0.4) is 0 Å². The van der Waals surface area contributed by atoms with Gasteiger partial charge in [-0.15, -0.1) is 11.6 Å². The number of hydrogen-bond donors (Lipinski definition) is 0. The highest BCUT2D eigenvalue weighted by Crippen LogP contribution is 2.23. The molecule has 0 saturated carbocycles. The number of hydrogen-bond acceptors (Lipinski definition) is 4. The highest BCUT2D eigenvalue weighted by Gasteiger charge is 2.20. The summed E-state index contributed by atoms with van der Waals surface area (Å²) in [5.74, 6) is 0.304. The van der Waals surface area contributed by atoms with Crippen molar-refractivity contribution < 1.29 is 16.8 Å². The molecular weight excluding hydrogens is 252 g/mol. The molecule has 16 heavy (non-hydrogen) atoms. The molecule has 6 heteroatoms. The van der Waals surface area contributed by atoms with Crippen LogP contribution in [0.5, 0.6) is 0 Å². The van der Waals surface area contributed by atoms with Crippen LogP contribution in [-0.4, -0.2) is 21.4 Å². The van der Waals surface area contributed by atoms with Gasteiger partial charge >= 0.3 is 10.4 Å². The molecule has 0 radical (unpaired) electrons. The predicted molar refractivity (Wildman–Crippen MR) is 61.5 cm³/mol. The van der Waals surface area contributed by atoms with E-state index in [2.05, 4.69) is 4.18 Å². The molecule has 0 aliphatic heterocycles. The minimum absolute atomic E-state index is 0.304. The van der Waals surface area contributed by atoms with Crippen LogP contribution in [0.1, 0.15) is 18.1 Å². The predicted octanol–water partition coefficient (Wildman–Crippen LogP) is 2.26. The van der Waals surface area contributed by atoms with Gasteiger partial charge in [-0.2, -0.15) is 8.42 Å². The van der Waals surface area contributed by atoms with Crippen LogP contribution in [0.15, 0.2) is 30.3 Å². The average Bonchev–Trinajstić information content (AvgIpc) is 2.29. The van der Waals surface area contributed by atoms with E-state index in [4.69, 9.17) is 15.8 Å². The van der Waals surface area contributed by atoms with Crippen LogP contribution < -0.4 is 0 Å². The molecular formula is C10H13ClO4S. The van der Waals surface area contributed by atoms with E-state index < -0.39 is 16.5 Å². The first-order valence-electron chi connectivity index (χ1n) is 4.69. The maximum atomic E-state index is 11.2. The van der Waals surface area contributed by atoms with E-state index in [1.165, 1.54) is 0 Å². The van der Waals surface area contributed by atoms with Gasteiger partial charge in [0.15, 0.2) is 0 Å². The first-order valence-corrected chi connectivity index (χ1v) is 6.55. The largest absolute Gasteiger partial charge is 0.400 e. The lowest BCUT2D eigenvalue weighted by Crippen LogP contribution is -2.13. The standard InChI is InChI=1S/C10H13ClO4S/c1-14-16(12,13)15-10(7-8-11)9-5-3-2-4-6-9/h2-6,10H,7-8H2,1H3. The summed E-state index contributed by atoms with van der Waals surface area (Å²) in [6.45, 7) is 0. The fourth-order valence-electron chi connectivity index (χ4n) is 1.22. The summed E-state index contributed by atoms with van der Waals surface area (Å²) in [6, 6.07) is 9.01. The quantitative estimate of drug-likeness (QED) is 0.740. The van der Waals surface area contributed by atoms with Crippen LogP contribution in [-0.2, 0) is 18.8 Å². The van der Waals surface area contributed by atoms with E-state index >= 15 is 0 Å². The maximum Gasteiger partial charge on any atom is 0.400 e. The number of halogens is 1. The second kappa shape index (κ2) is 6.20. The minimum atomic E-state index is -3.95. The van der Waals surface area contributed by atoms with E-state index in [1.54, 1.807) is 24.3 Å². The van der Waals surface area contributed by atoms with Gasteiger partial charge in [-0.05, 0) is 12.0 Å². The second-order valence-electron chi connectivity index (χ2n) is 3.05. The zero-order valence-corrected chi connectivity index (χ0v) is 10.4. The lowest BCUT2D eigenvalue weighted by molar-refractivity contribution is 0.169. The fourth-order valence-corrected chi connectivity index (χ4v) is 1.99. The Morgan fingerprint density at radius 2 is 1.94 bits per heavy atom. The smallest absolute Gasteiger partial charge is 0.252 e. The third kappa shape index (κ3) is 4.09. The zero-order chi connectivity index (χ0) is 12.0. The molecule has 0 aliphatic carbocycles. The van der Waals surface area contributed by atoms with Crippen LogP contribution in [0.4, 0.5) is 0 Å². The molecule has 4 nitrogen and oxygen atoms in total. The Morgan fingerprint density at radius 1 is 1.31 bits per heavy atom. The summed E-state index contributed by atoms with van der Waals surface area (Å²) in [5.41, 5.74) is 0.753. The van der Waals surface area contributed by atoms with Crippen molar-refractivity contribution in [2.24, 2.45) is 0 Å². The zero-order valence-electron chi connectivity index (χ0n) is 8.80. The van der Waals surface area contributed by atoms with Gasteiger partial charge in [0, 0.05) is 5.88 Å². The Bertz CT molecular complexity index is 404. The van der Waals surface area contributed by atoms with Crippen molar-refractivity contribution in [1.82, 2.24) is 0 Å². The molecule has 1 unspecified atom stereocenters. The van der Waals surface area contributed by atoms with E-state index in [9.17, 15) is 8.42 Å². The summed E-state index contributed by atoms with van der Waals surface area (Å²) in [7, 11) is -2.89. The molecule has 0 N–H and O–H groups in total. The summed E-state index contributed by atoms with van der Waals surface area (Å²) in [6.07, 6.45) is -0.211. The van der Waals surface area contributed by atoms with Crippen molar-refractivity contribution in [3.05, 3.63) is 35.9 Å². The molecule has 1 aromatic rings. The van der Waals surface area contributed by atoms with Crippen LogP contribution in [0.25, 0.3) is 0 Å². The number of alkyl halides is 1. The maximum absolute atomic E-state index is 11.2. The van der Waals surface area contributed by atoms with Gasteiger partial charge < -0.3 is 0 Å². The lowest BCUT2D eigenvalue weighted by Gasteiger charge is -2.15. The molecule has 0 saturated heterocycles. The van der Waals surface area contributed by atoms with Crippen molar-refractivity contribution >= 4 is 22.0 Å². The lowest BCUT2D eigenvalue weighted by atomic mass is 10.1. The molecule has 0 amide bonds. The SMILES string of the molecule is COS(=O)(=O)OC(CCCl)c1ccccc1. The normalized spacial score (nSPS) is 13.6. The van der Waals surface area contributed by atoms with E-state index in [1.807, 2.05) is 6.07 Å². The molecule has 90 valence electrons. The third-order valence-electron chi connectivity index (χ3n) is 1.98. The monoisotopic (exact) mass is 264 g/mol.